The third-order valence-electron chi connectivity index (χ3n) is 5.05. The number of aryl methyl sites for hydroxylation is 4. The maximum absolute atomic E-state index is 13.3. The smallest absolute Gasteiger partial charge is 0.323 e. The second-order valence-electron chi connectivity index (χ2n) is 7.24. The van der Waals surface area contributed by atoms with Crippen LogP contribution in [0.15, 0.2) is 23.0 Å². The first kappa shape index (κ1) is 18.0. The highest BCUT2D eigenvalue weighted by atomic mass is 16.4. The van der Waals surface area contributed by atoms with Crippen molar-refractivity contribution in [3.05, 3.63) is 50.7 Å². The number of pyridine rings is 1. The zero-order chi connectivity index (χ0) is 19.3. The van der Waals surface area contributed by atoms with Gasteiger partial charge in [-0.1, -0.05) is 6.07 Å². The third-order valence-corrected chi connectivity index (χ3v) is 5.05. The molecule has 1 aromatic heterocycles. The van der Waals surface area contributed by atoms with Gasteiger partial charge in [-0.25, -0.2) is 0 Å². The fraction of sp³-hybridized carbons (Fsp3) is 0.333. The highest BCUT2D eigenvalue weighted by Crippen LogP contribution is 2.33. The molecular weight excluding hydrogens is 328 g/mol. The molecule has 0 atom stereocenters. The molecule has 26 heavy (non-hydrogen) atoms. The van der Waals surface area contributed by atoms with Crippen molar-refractivity contribution in [1.82, 2.24) is 4.57 Å². The van der Waals surface area contributed by atoms with Crippen LogP contribution in [-0.2, 0) is 11.3 Å². The van der Waals surface area contributed by atoms with E-state index >= 15 is 0 Å². The number of carbonyl (C=O) groups is 1. The minimum Gasteiger partial charge on any atom is -0.480 e. The van der Waals surface area contributed by atoms with E-state index in [1.165, 1.54) is 0 Å². The summed E-state index contributed by atoms with van der Waals surface area (Å²) < 4.78 is 1.77. The maximum atomic E-state index is 13.3. The number of rotatable bonds is 3. The van der Waals surface area contributed by atoms with E-state index in [4.69, 9.17) is 0 Å². The lowest BCUT2D eigenvalue weighted by Crippen LogP contribution is -2.21. The Labute approximate surface area is 152 Å². The molecule has 3 rings (SSSR count). The summed E-state index contributed by atoms with van der Waals surface area (Å²) in [4.78, 5) is 26.9. The molecule has 5 heteroatoms. The van der Waals surface area contributed by atoms with Gasteiger partial charge >= 0.3 is 5.97 Å². The van der Waals surface area contributed by atoms with Crippen molar-refractivity contribution in [2.75, 3.05) is 19.0 Å². The Morgan fingerprint density at radius 3 is 2.19 bits per heavy atom. The lowest BCUT2D eigenvalue weighted by Gasteiger charge is -2.24. The third kappa shape index (κ3) is 2.64. The Bertz CT molecular complexity index is 1120. The van der Waals surface area contributed by atoms with Gasteiger partial charge in [-0.2, -0.15) is 0 Å². The normalized spacial score (nSPS) is 11.3. The molecule has 0 unspecified atom stereocenters. The molecule has 0 amide bonds. The summed E-state index contributed by atoms with van der Waals surface area (Å²) in [6, 6.07) is 5.79. The van der Waals surface area contributed by atoms with Crippen LogP contribution in [-0.4, -0.2) is 29.7 Å². The summed E-state index contributed by atoms with van der Waals surface area (Å²) >= 11 is 0. The highest BCUT2D eigenvalue weighted by Gasteiger charge is 2.20. The number of anilines is 1. The average Bonchev–Trinajstić information content (AvgIpc) is 2.52. The van der Waals surface area contributed by atoms with E-state index < -0.39 is 5.97 Å². The van der Waals surface area contributed by atoms with Crippen LogP contribution in [0, 0.1) is 27.7 Å². The van der Waals surface area contributed by atoms with Gasteiger partial charge in [0.05, 0.1) is 22.1 Å². The average molecular weight is 352 g/mol. The number of fused-ring (bicyclic) bond motifs is 2. The molecule has 136 valence electrons. The van der Waals surface area contributed by atoms with Gasteiger partial charge < -0.3 is 14.6 Å². The Morgan fingerprint density at radius 2 is 1.62 bits per heavy atom. The van der Waals surface area contributed by atoms with Crippen LogP contribution >= 0.6 is 0 Å². The maximum Gasteiger partial charge on any atom is 0.323 e. The number of hydrogen-bond donors (Lipinski definition) is 1. The zero-order valence-corrected chi connectivity index (χ0v) is 16.1. The Kier molecular flexibility index (Phi) is 4.26. The van der Waals surface area contributed by atoms with Gasteiger partial charge in [-0.3, -0.25) is 9.59 Å². The lowest BCUT2D eigenvalue weighted by molar-refractivity contribution is -0.137. The number of aliphatic carboxylic acids is 1. The Balaban J connectivity index is 2.72. The van der Waals surface area contributed by atoms with Crippen molar-refractivity contribution < 1.29 is 9.90 Å². The van der Waals surface area contributed by atoms with Crippen LogP contribution in [0.5, 0.6) is 0 Å². The minimum atomic E-state index is -0.932. The summed E-state index contributed by atoms with van der Waals surface area (Å²) in [5, 5.41) is 10.7. The van der Waals surface area contributed by atoms with E-state index in [1.807, 2.05) is 64.9 Å². The van der Waals surface area contributed by atoms with E-state index in [0.717, 1.165) is 27.9 Å². The van der Waals surface area contributed by atoms with Gasteiger partial charge in [0.1, 0.15) is 6.54 Å². The molecule has 0 bridgehead atoms. The van der Waals surface area contributed by atoms with Crippen LogP contribution in [0.2, 0.25) is 0 Å². The molecule has 1 N–H and O–H groups in total. The first-order chi connectivity index (χ1) is 12.1. The van der Waals surface area contributed by atoms with Gasteiger partial charge in [0.15, 0.2) is 5.43 Å². The van der Waals surface area contributed by atoms with Gasteiger partial charge in [0.2, 0.25) is 0 Å². The highest BCUT2D eigenvalue weighted by molar-refractivity contribution is 6.03. The van der Waals surface area contributed by atoms with Crippen molar-refractivity contribution in [3.63, 3.8) is 0 Å². The van der Waals surface area contributed by atoms with Crippen LogP contribution in [0.25, 0.3) is 21.8 Å². The van der Waals surface area contributed by atoms with Crippen molar-refractivity contribution >= 4 is 33.5 Å². The van der Waals surface area contributed by atoms with E-state index in [9.17, 15) is 14.7 Å². The number of carboxylic acid groups (broad SMARTS) is 1. The van der Waals surface area contributed by atoms with Gasteiger partial charge in [0, 0.05) is 19.5 Å². The molecule has 0 fully saturated rings. The molecule has 0 saturated carbocycles. The fourth-order valence-electron chi connectivity index (χ4n) is 3.83. The molecule has 5 nitrogen and oxygen atoms in total. The topological polar surface area (TPSA) is 62.5 Å². The van der Waals surface area contributed by atoms with E-state index in [1.54, 1.807) is 4.57 Å². The zero-order valence-electron chi connectivity index (χ0n) is 16.1. The second kappa shape index (κ2) is 6.16. The van der Waals surface area contributed by atoms with Crippen molar-refractivity contribution in [2.24, 2.45) is 0 Å². The standard InChI is InChI=1S/C21H24N2O3/c1-11-8-15-16(9-12(11)2)23(10-17(24)25)20-18(21(15)26)13(3)7-14(4)19(20)22(5)6/h7-9H,10H2,1-6H3,(H,24,25). The van der Waals surface area contributed by atoms with Gasteiger partial charge in [-0.15, -0.1) is 0 Å². The number of carboxylic acids is 1. The summed E-state index contributed by atoms with van der Waals surface area (Å²) in [6.45, 7) is 7.64. The molecule has 2 aromatic carbocycles. The SMILES string of the molecule is Cc1cc2c(=O)c3c(C)cc(C)c(N(C)C)c3n(CC(=O)O)c2cc1C. The van der Waals surface area contributed by atoms with Crippen molar-refractivity contribution in [1.29, 1.82) is 0 Å². The fourth-order valence-corrected chi connectivity index (χ4v) is 3.83. The first-order valence-electron chi connectivity index (χ1n) is 8.60. The van der Waals surface area contributed by atoms with Crippen LogP contribution < -0.4 is 10.3 Å². The predicted octanol–water partition coefficient (Wildman–Crippen LogP) is 3.54. The number of hydrogen-bond acceptors (Lipinski definition) is 3. The molecule has 0 spiro atoms. The largest absolute Gasteiger partial charge is 0.480 e. The van der Waals surface area contributed by atoms with Crippen molar-refractivity contribution in [3.8, 4) is 0 Å². The molecule has 1 heterocycles. The molecular formula is C21H24N2O3. The quantitative estimate of drug-likeness (QED) is 0.733. The molecule has 3 aromatic rings. The molecule has 0 aliphatic carbocycles. The van der Waals surface area contributed by atoms with E-state index in [0.29, 0.717) is 21.8 Å². The molecule has 0 saturated heterocycles. The summed E-state index contributed by atoms with van der Waals surface area (Å²) in [6.07, 6.45) is 0. The Hall–Kier alpha value is -2.82. The summed E-state index contributed by atoms with van der Waals surface area (Å²) in [7, 11) is 3.83. The first-order valence-corrected chi connectivity index (χ1v) is 8.60. The van der Waals surface area contributed by atoms with Crippen molar-refractivity contribution in [2.45, 2.75) is 34.2 Å². The molecule has 0 radical (unpaired) electrons. The Morgan fingerprint density at radius 1 is 1.00 bits per heavy atom. The summed E-state index contributed by atoms with van der Waals surface area (Å²) in [5.41, 5.74) is 6.13. The van der Waals surface area contributed by atoms with Crippen LogP contribution in [0.4, 0.5) is 5.69 Å². The summed E-state index contributed by atoms with van der Waals surface area (Å²) in [5.74, 6) is -0.932. The van der Waals surface area contributed by atoms with Crippen LogP contribution in [0.1, 0.15) is 22.3 Å². The van der Waals surface area contributed by atoms with E-state index in [-0.39, 0.29) is 12.0 Å². The van der Waals surface area contributed by atoms with E-state index in [2.05, 4.69) is 0 Å². The van der Waals surface area contributed by atoms with Crippen LogP contribution in [0.3, 0.4) is 0 Å². The monoisotopic (exact) mass is 352 g/mol. The number of aromatic nitrogens is 1. The minimum absolute atomic E-state index is 0.0414. The van der Waals surface area contributed by atoms with Gasteiger partial charge in [0.25, 0.3) is 0 Å². The second-order valence-corrected chi connectivity index (χ2v) is 7.24. The number of benzene rings is 2. The molecule has 0 aliphatic heterocycles. The predicted molar refractivity (Wildman–Crippen MR) is 107 cm³/mol. The lowest BCUT2D eigenvalue weighted by atomic mass is 9.98. The number of nitrogens with zero attached hydrogens (tertiary/aromatic N) is 2. The van der Waals surface area contributed by atoms with Gasteiger partial charge in [-0.05, 0) is 62.1 Å². The molecule has 0 aliphatic rings.